The first-order valence-corrected chi connectivity index (χ1v) is 8.70. The number of carbonyl (C=O) groups excluding carboxylic acids is 1. The van der Waals surface area contributed by atoms with Crippen molar-refractivity contribution in [2.24, 2.45) is 5.92 Å². The van der Waals surface area contributed by atoms with E-state index in [2.05, 4.69) is 34.4 Å². The molecule has 0 bridgehead atoms. The van der Waals surface area contributed by atoms with Gasteiger partial charge in [-0.25, -0.2) is 9.97 Å². The largest absolute Gasteiger partial charge is 0.497 e. The highest BCUT2D eigenvalue weighted by Gasteiger charge is 2.08. The molecule has 0 aliphatic carbocycles. The Bertz CT molecular complexity index is 689. The van der Waals surface area contributed by atoms with Gasteiger partial charge in [0.05, 0.1) is 13.7 Å². The zero-order chi connectivity index (χ0) is 18.8. The van der Waals surface area contributed by atoms with Crippen LogP contribution < -0.4 is 20.1 Å². The molecule has 140 valence electrons. The van der Waals surface area contributed by atoms with Crippen LogP contribution in [0.25, 0.3) is 0 Å². The fraction of sp³-hybridized carbons (Fsp3) is 0.421. The predicted molar refractivity (Wildman–Crippen MR) is 101 cm³/mol. The van der Waals surface area contributed by atoms with E-state index >= 15 is 0 Å². The lowest BCUT2D eigenvalue weighted by Gasteiger charge is -2.09. The highest BCUT2D eigenvalue weighted by molar-refractivity contribution is 5.92. The minimum absolute atomic E-state index is 0.189. The summed E-state index contributed by atoms with van der Waals surface area (Å²) in [6, 6.07) is 8.97. The molecule has 7 heteroatoms. The summed E-state index contributed by atoms with van der Waals surface area (Å²) in [4.78, 5) is 20.4. The molecule has 0 fully saturated rings. The molecule has 0 atom stereocenters. The Balaban J connectivity index is 1.76. The smallest absolute Gasteiger partial charge is 0.270 e. The maximum absolute atomic E-state index is 12.1. The molecular formula is C19H26N4O3. The molecule has 0 spiro atoms. The Hall–Kier alpha value is -2.83. The molecule has 2 N–H and O–H groups in total. The molecule has 2 aromatic rings. The van der Waals surface area contributed by atoms with Crippen LogP contribution in [-0.4, -0.2) is 42.7 Å². The third-order valence-corrected chi connectivity index (χ3v) is 3.61. The van der Waals surface area contributed by atoms with Gasteiger partial charge in [0.15, 0.2) is 0 Å². The molecule has 26 heavy (non-hydrogen) atoms. The van der Waals surface area contributed by atoms with Crippen molar-refractivity contribution in [1.82, 2.24) is 15.3 Å². The van der Waals surface area contributed by atoms with Gasteiger partial charge >= 0.3 is 0 Å². The summed E-state index contributed by atoms with van der Waals surface area (Å²) >= 11 is 0. The number of ether oxygens (including phenoxy) is 2. The van der Waals surface area contributed by atoms with Gasteiger partial charge in [-0.3, -0.25) is 4.79 Å². The van der Waals surface area contributed by atoms with Gasteiger partial charge in [0.1, 0.15) is 23.8 Å². The Morgan fingerprint density at radius 2 is 1.85 bits per heavy atom. The van der Waals surface area contributed by atoms with E-state index in [4.69, 9.17) is 9.47 Å². The molecule has 0 radical (unpaired) electrons. The lowest BCUT2D eigenvalue weighted by molar-refractivity contribution is 0.0947. The average molecular weight is 358 g/mol. The van der Waals surface area contributed by atoms with E-state index in [1.165, 1.54) is 0 Å². The summed E-state index contributed by atoms with van der Waals surface area (Å²) in [5, 5.41) is 5.92. The Labute approximate surface area is 154 Å². The van der Waals surface area contributed by atoms with Crippen molar-refractivity contribution < 1.29 is 14.3 Å². The fourth-order valence-corrected chi connectivity index (χ4v) is 2.14. The standard InChI is InChI=1S/C19H26N4O3/c1-14(2)8-10-20-18(24)17-9-11-21-19(23-17)22-12-13-26-16-6-4-15(25-3)5-7-16/h4-7,9,11,14H,8,10,12-13H2,1-3H3,(H,20,24)(H,21,22,23). The number of nitrogens with one attached hydrogen (secondary N) is 2. The molecule has 1 amide bonds. The number of anilines is 1. The molecule has 7 nitrogen and oxygen atoms in total. The Kier molecular flexibility index (Phi) is 7.67. The Morgan fingerprint density at radius 1 is 1.12 bits per heavy atom. The summed E-state index contributed by atoms with van der Waals surface area (Å²) in [6.07, 6.45) is 2.50. The van der Waals surface area contributed by atoms with Gasteiger partial charge in [0.25, 0.3) is 5.91 Å². The van der Waals surface area contributed by atoms with Crippen LogP contribution in [0.1, 0.15) is 30.8 Å². The molecule has 2 rings (SSSR count). The van der Waals surface area contributed by atoms with E-state index in [9.17, 15) is 4.79 Å². The second-order valence-corrected chi connectivity index (χ2v) is 6.15. The summed E-state index contributed by atoms with van der Waals surface area (Å²) in [6.45, 7) is 5.84. The van der Waals surface area contributed by atoms with E-state index in [1.807, 2.05) is 24.3 Å². The van der Waals surface area contributed by atoms with Crippen LogP contribution in [0.3, 0.4) is 0 Å². The monoisotopic (exact) mass is 358 g/mol. The van der Waals surface area contributed by atoms with Crippen molar-refractivity contribution in [3.8, 4) is 11.5 Å². The highest BCUT2D eigenvalue weighted by atomic mass is 16.5. The first kappa shape index (κ1) is 19.5. The third kappa shape index (κ3) is 6.58. The van der Waals surface area contributed by atoms with Crippen LogP contribution in [0.4, 0.5) is 5.95 Å². The van der Waals surface area contributed by atoms with Gasteiger partial charge < -0.3 is 20.1 Å². The van der Waals surface area contributed by atoms with Gasteiger partial charge in [-0.1, -0.05) is 13.8 Å². The molecule has 0 aliphatic rings. The Morgan fingerprint density at radius 3 is 2.54 bits per heavy atom. The first-order chi connectivity index (χ1) is 12.6. The number of nitrogens with zero attached hydrogens (tertiary/aromatic N) is 2. The maximum atomic E-state index is 12.1. The average Bonchev–Trinajstić information content (AvgIpc) is 2.65. The predicted octanol–water partition coefficient (Wildman–Crippen LogP) is 2.75. The van der Waals surface area contributed by atoms with Crippen molar-refractivity contribution >= 4 is 11.9 Å². The van der Waals surface area contributed by atoms with Crippen molar-refractivity contribution in [2.75, 3.05) is 32.1 Å². The molecular weight excluding hydrogens is 332 g/mol. The SMILES string of the molecule is COc1ccc(OCCNc2nccc(C(=O)NCCC(C)C)n2)cc1. The van der Waals surface area contributed by atoms with E-state index < -0.39 is 0 Å². The number of methoxy groups -OCH3 is 1. The number of carbonyl (C=O) groups is 1. The summed E-state index contributed by atoms with van der Waals surface area (Å²) in [5.74, 6) is 2.30. The van der Waals surface area contributed by atoms with Gasteiger partial charge in [-0.15, -0.1) is 0 Å². The molecule has 0 saturated carbocycles. The second kappa shape index (κ2) is 10.2. The number of hydrogen-bond donors (Lipinski definition) is 2. The molecule has 1 aromatic heterocycles. The summed E-state index contributed by atoms with van der Waals surface area (Å²) < 4.78 is 10.7. The maximum Gasteiger partial charge on any atom is 0.270 e. The zero-order valence-electron chi connectivity index (χ0n) is 15.5. The number of benzene rings is 1. The van der Waals surface area contributed by atoms with E-state index in [1.54, 1.807) is 19.4 Å². The number of hydrogen-bond acceptors (Lipinski definition) is 6. The minimum atomic E-state index is -0.189. The molecule has 0 saturated heterocycles. The van der Waals surface area contributed by atoms with Crippen molar-refractivity contribution in [1.29, 1.82) is 0 Å². The van der Waals surface area contributed by atoms with Crippen molar-refractivity contribution in [2.45, 2.75) is 20.3 Å². The molecule has 1 heterocycles. The number of rotatable bonds is 10. The first-order valence-electron chi connectivity index (χ1n) is 8.70. The lowest BCUT2D eigenvalue weighted by Crippen LogP contribution is -2.26. The van der Waals surface area contributed by atoms with Crippen LogP contribution >= 0.6 is 0 Å². The van der Waals surface area contributed by atoms with Gasteiger partial charge in [-0.2, -0.15) is 0 Å². The third-order valence-electron chi connectivity index (χ3n) is 3.61. The fourth-order valence-electron chi connectivity index (χ4n) is 2.14. The van der Waals surface area contributed by atoms with Crippen LogP contribution in [0, 0.1) is 5.92 Å². The summed E-state index contributed by atoms with van der Waals surface area (Å²) in [5.41, 5.74) is 0.349. The number of aromatic nitrogens is 2. The lowest BCUT2D eigenvalue weighted by atomic mass is 10.1. The topological polar surface area (TPSA) is 85.4 Å². The van der Waals surface area contributed by atoms with E-state index in [0.717, 1.165) is 17.9 Å². The molecule has 0 unspecified atom stereocenters. The van der Waals surface area contributed by atoms with E-state index in [0.29, 0.717) is 37.3 Å². The van der Waals surface area contributed by atoms with Crippen molar-refractivity contribution in [3.63, 3.8) is 0 Å². The molecule has 0 aliphatic heterocycles. The van der Waals surface area contributed by atoms with Gasteiger partial charge in [0, 0.05) is 12.7 Å². The zero-order valence-corrected chi connectivity index (χ0v) is 15.5. The van der Waals surface area contributed by atoms with Gasteiger partial charge in [-0.05, 0) is 42.7 Å². The van der Waals surface area contributed by atoms with Crippen LogP contribution in [-0.2, 0) is 0 Å². The normalized spacial score (nSPS) is 10.5. The number of amides is 1. The second-order valence-electron chi connectivity index (χ2n) is 6.15. The quantitative estimate of drug-likeness (QED) is 0.635. The van der Waals surface area contributed by atoms with Crippen LogP contribution in [0.15, 0.2) is 36.5 Å². The minimum Gasteiger partial charge on any atom is -0.497 e. The van der Waals surface area contributed by atoms with Crippen LogP contribution in [0.2, 0.25) is 0 Å². The van der Waals surface area contributed by atoms with Gasteiger partial charge in [0.2, 0.25) is 5.95 Å². The highest BCUT2D eigenvalue weighted by Crippen LogP contribution is 2.16. The summed E-state index contributed by atoms with van der Waals surface area (Å²) in [7, 11) is 1.62. The van der Waals surface area contributed by atoms with Crippen molar-refractivity contribution in [3.05, 3.63) is 42.2 Å². The molecule has 1 aromatic carbocycles. The van der Waals surface area contributed by atoms with E-state index in [-0.39, 0.29) is 5.91 Å². The van der Waals surface area contributed by atoms with Crippen LogP contribution in [0.5, 0.6) is 11.5 Å².